The van der Waals surface area contributed by atoms with Gasteiger partial charge in [-0.15, -0.1) is 0 Å². The molecule has 0 aromatic carbocycles. The van der Waals surface area contributed by atoms with Gasteiger partial charge >= 0.3 is 0 Å². The fraction of sp³-hybridized carbons (Fsp3) is 0.700. The average molecular weight is 201 g/mol. The molecule has 0 aliphatic rings. The molecule has 0 aliphatic heterocycles. The van der Waals surface area contributed by atoms with E-state index >= 15 is 0 Å². The summed E-state index contributed by atoms with van der Waals surface area (Å²) in [5.74, 6) is -1.30. The summed E-state index contributed by atoms with van der Waals surface area (Å²) in [7, 11) is 0. The largest absolute Gasteiger partial charge is 0.333 e. The fourth-order valence-corrected chi connectivity index (χ4v) is 1.11. The van der Waals surface area contributed by atoms with Crippen LogP contribution >= 0.6 is 0 Å². The first-order chi connectivity index (χ1) is 6.64. The first kappa shape index (κ1) is 13.1. The molecule has 0 atom stereocenters. The molecule has 0 rings (SSSR count). The molecule has 14 heavy (non-hydrogen) atoms. The highest BCUT2D eigenvalue weighted by atomic mass is 16.7. The maximum absolute atomic E-state index is 11.1. The molecule has 0 aromatic heterocycles. The maximum Gasteiger partial charge on any atom is 0.251 e. The van der Waals surface area contributed by atoms with E-state index in [2.05, 4.69) is 11.9 Å². The van der Waals surface area contributed by atoms with Gasteiger partial charge in [0.1, 0.15) is 0 Å². The normalized spacial score (nSPS) is 11.1. The van der Waals surface area contributed by atoms with Gasteiger partial charge in [-0.2, -0.15) is 0 Å². The molecule has 82 valence electrons. The summed E-state index contributed by atoms with van der Waals surface area (Å²) in [5, 5.41) is 2.63. The standard InChI is InChI=1S/C10H19NO3/c1-5-9(12)11-10(6-2,13-7-3)14-8-4/h5H,1,6-8H2,2-4H3,(H,11,12). The maximum atomic E-state index is 11.1. The molecule has 0 saturated heterocycles. The molecular weight excluding hydrogens is 182 g/mol. The van der Waals surface area contributed by atoms with Crippen LogP contribution in [0.15, 0.2) is 12.7 Å². The zero-order chi connectivity index (χ0) is 11.0. The SMILES string of the molecule is C=CC(=O)NC(CC)(OCC)OCC. The second-order valence-electron chi connectivity index (χ2n) is 2.67. The summed E-state index contributed by atoms with van der Waals surface area (Å²) in [6.45, 7) is 9.92. The van der Waals surface area contributed by atoms with Gasteiger partial charge in [-0.1, -0.05) is 13.5 Å². The first-order valence-electron chi connectivity index (χ1n) is 4.86. The van der Waals surface area contributed by atoms with E-state index in [0.29, 0.717) is 19.6 Å². The molecule has 0 heterocycles. The van der Waals surface area contributed by atoms with Crippen LogP contribution in [-0.2, 0) is 14.3 Å². The van der Waals surface area contributed by atoms with Gasteiger partial charge in [0.05, 0.1) is 0 Å². The van der Waals surface area contributed by atoms with Crippen molar-refractivity contribution in [3.05, 3.63) is 12.7 Å². The van der Waals surface area contributed by atoms with Gasteiger partial charge in [-0.25, -0.2) is 0 Å². The van der Waals surface area contributed by atoms with E-state index in [4.69, 9.17) is 9.47 Å². The molecule has 0 fully saturated rings. The van der Waals surface area contributed by atoms with Crippen molar-refractivity contribution < 1.29 is 14.3 Å². The Morgan fingerprint density at radius 1 is 1.36 bits per heavy atom. The second kappa shape index (κ2) is 6.56. The first-order valence-corrected chi connectivity index (χ1v) is 4.86. The summed E-state index contributed by atoms with van der Waals surface area (Å²) < 4.78 is 10.8. The number of rotatable bonds is 7. The minimum absolute atomic E-state index is 0.297. The number of amides is 1. The quantitative estimate of drug-likeness (QED) is 0.500. The highest BCUT2D eigenvalue weighted by molar-refractivity contribution is 5.87. The Morgan fingerprint density at radius 3 is 2.14 bits per heavy atom. The van der Waals surface area contributed by atoms with Crippen molar-refractivity contribution in [3.63, 3.8) is 0 Å². The number of hydrogen-bond acceptors (Lipinski definition) is 3. The Kier molecular flexibility index (Phi) is 6.16. The molecule has 0 spiro atoms. The van der Waals surface area contributed by atoms with Crippen molar-refractivity contribution >= 4 is 5.91 Å². The fourth-order valence-electron chi connectivity index (χ4n) is 1.11. The van der Waals surface area contributed by atoms with Crippen LogP contribution in [-0.4, -0.2) is 25.0 Å². The van der Waals surface area contributed by atoms with E-state index in [1.807, 2.05) is 20.8 Å². The summed E-state index contributed by atoms with van der Waals surface area (Å²) in [6, 6.07) is 0. The van der Waals surface area contributed by atoms with Crippen LogP contribution in [0.25, 0.3) is 0 Å². The van der Waals surface area contributed by atoms with Gasteiger partial charge in [0.2, 0.25) is 5.91 Å². The van der Waals surface area contributed by atoms with E-state index in [9.17, 15) is 4.79 Å². The second-order valence-corrected chi connectivity index (χ2v) is 2.67. The molecule has 1 amide bonds. The number of carbonyl (C=O) groups is 1. The van der Waals surface area contributed by atoms with Crippen LogP contribution in [0.5, 0.6) is 0 Å². The van der Waals surface area contributed by atoms with E-state index in [-0.39, 0.29) is 5.91 Å². The van der Waals surface area contributed by atoms with Crippen molar-refractivity contribution in [1.82, 2.24) is 5.32 Å². The van der Waals surface area contributed by atoms with Gasteiger partial charge in [0, 0.05) is 19.6 Å². The van der Waals surface area contributed by atoms with Crippen molar-refractivity contribution in [2.24, 2.45) is 0 Å². The van der Waals surface area contributed by atoms with Crippen molar-refractivity contribution in [3.8, 4) is 0 Å². The number of nitrogens with one attached hydrogen (secondary N) is 1. The molecule has 4 heteroatoms. The van der Waals surface area contributed by atoms with Crippen molar-refractivity contribution in [1.29, 1.82) is 0 Å². The van der Waals surface area contributed by atoms with E-state index < -0.39 is 5.91 Å². The Hall–Kier alpha value is -0.870. The lowest BCUT2D eigenvalue weighted by Crippen LogP contribution is -2.52. The highest BCUT2D eigenvalue weighted by Crippen LogP contribution is 2.14. The van der Waals surface area contributed by atoms with Crippen LogP contribution in [0.3, 0.4) is 0 Å². The van der Waals surface area contributed by atoms with Crippen LogP contribution in [0, 0.1) is 0 Å². The molecule has 0 bridgehead atoms. The van der Waals surface area contributed by atoms with Gasteiger partial charge in [0.15, 0.2) is 0 Å². The van der Waals surface area contributed by atoms with Gasteiger partial charge < -0.3 is 14.8 Å². The third-order valence-corrected chi connectivity index (χ3v) is 1.72. The number of ether oxygens (including phenoxy) is 2. The minimum Gasteiger partial charge on any atom is -0.333 e. The molecule has 0 aliphatic carbocycles. The Bertz CT molecular complexity index is 186. The predicted molar refractivity (Wildman–Crippen MR) is 54.6 cm³/mol. The third-order valence-electron chi connectivity index (χ3n) is 1.72. The Balaban J connectivity index is 4.46. The Morgan fingerprint density at radius 2 is 1.86 bits per heavy atom. The summed E-state index contributed by atoms with van der Waals surface area (Å²) in [4.78, 5) is 11.1. The molecule has 0 unspecified atom stereocenters. The molecule has 0 aromatic rings. The van der Waals surface area contributed by atoms with Crippen LogP contribution in [0.4, 0.5) is 0 Å². The molecule has 0 saturated carbocycles. The average Bonchev–Trinajstić information content (AvgIpc) is 2.18. The zero-order valence-corrected chi connectivity index (χ0v) is 9.13. The number of carbonyl (C=O) groups excluding carboxylic acids is 1. The third kappa shape index (κ3) is 3.89. The lowest BCUT2D eigenvalue weighted by molar-refractivity contribution is -0.250. The lowest BCUT2D eigenvalue weighted by atomic mass is 10.3. The van der Waals surface area contributed by atoms with E-state index in [1.54, 1.807) is 0 Å². The van der Waals surface area contributed by atoms with Gasteiger partial charge in [-0.05, 0) is 19.9 Å². The van der Waals surface area contributed by atoms with E-state index in [0.717, 1.165) is 0 Å². The summed E-state index contributed by atoms with van der Waals surface area (Å²) >= 11 is 0. The molecule has 1 N–H and O–H groups in total. The van der Waals surface area contributed by atoms with E-state index in [1.165, 1.54) is 6.08 Å². The zero-order valence-electron chi connectivity index (χ0n) is 9.13. The van der Waals surface area contributed by atoms with Gasteiger partial charge in [-0.3, -0.25) is 4.79 Å². The minimum atomic E-state index is -1.01. The molecular formula is C10H19NO3. The molecule has 4 nitrogen and oxygen atoms in total. The monoisotopic (exact) mass is 201 g/mol. The molecule has 0 radical (unpaired) electrons. The summed E-state index contributed by atoms with van der Waals surface area (Å²) in [6.07, 6.45) is 1.75. The lowest BCUT2D eigenvalue weighted by Gasteiger charge is -2.32. The number of hydrogen-bond donors (Lipinski definition) is 1. The Labute approximate surface area is 85.3 Å². The van der Waals surface area contributed by atoms with Crippen LogP contribution in [0.1, 0.15) is 27.2 Å². The predicted octanol–water partition coefficient (Wildman–Crippen LogP) is 1.43. The smallest absolute Gasteiger partial charge is 0.251 e. The summed E-state index contributed by atoms with van der Waals surface area (Å²) in [5.41, 5.74) is 0. The highest BCUT2D eigenvalue weighted by Gasteiger charge is 2.30. The van der Waals surface area contributed by atoms with Crippen molar-refractivity contribution in [2.45, 2.75) is 33.1 Å². The topological polar surface area (TPSA) is 47.6 Å². The van der Waals surface area contributed by atoms with Crippen LogP contribution < -0.4 is 5.32 Å². The van der Waals surface area contributed by atoms with Crippen LogP contribution in [0.2, 0.25) is 0 Å². The van der Waals surface area contributed by atoms with Gasteiger partial charge in [0.25, 0.3) is 5.91 Å². The van der Waals surface area contributed by atoms with Crippen molar-refractivity contribution in [2.75, 3.05) is 13.2 Å².